The van der Waals surface area contributed by atoms with Crippen LogP contribution in [0.5, 0.6) is 0 Å². The van der Waals surface area contributed by atoms with E-state index in [0.29, 0.717) is 29.2 Å². The first-order valence-corrected chi connectivity index (χ1v) is 8.56. The lowest BCUT2D eigenvalue weighted by Crippen LogP contribution is -2.39. The minimum absolute atomic E-state index is 0.0476. The molecule has 0 unspecified atom stereocenters. The van der Waals surface area contributed by atoms with Crippen LogP contribution in [0.15, 0.2) is 48.5 Å². The number of amides is 2. The van der Waals surface area contributed by atoms with Gasteiger partial charge in [-0.15, -0.1) is 0 Å². The molecule has 26 heavy (non-hydrogen) atoms. The van der Waals surface area contributed by atoms with E-state index in [1.54, 1.807) is 54.4 Å². The van der Waals surface area contributed by atoms with Crippen LogP contribution >= 0.6 is 11.6 Å². The van der Waals surface area contributed by atoms with E-state index in [1.807, 2.05) is 0 Å². The zero-order chi connectivity index (χ0) is 18.9. The SMILES string of the molecule is CN(CC(=O)NCCc1ccccc1F)CC(=O)Nc1ccccc1Cl. The molecule has 0 radical (unpaired) electrons. The summed E-state index contributed by atoms with van der Waals surface area (Å²) in [5.74, 6) is -0.774. The summed E-state index contributed by atoms with van der Waals surface area (Å²) in [6, 6.07) is 13.4. The van der Waals surface area contributed by atoms with E-state index in [4.69, 9.17) is 11.6 Å². The van der Waals surface area contributed by atoms with E-state index in [0.717, 1.165) is 0 Å². The van der Waals surface area contributed by atoms with Crippen LogP contribution in [0.25, 0.3) is 0 Å². The number of halogens is 2. The molecule has 0 saturated heterocycles. The summed E-state index contributed by atoms with van der Waals surface area (Å²) in [6.07, 6.45) is 0.412. The van der Waals surface area contributed by atoms with Crippen LogP contribution in [-0.4, -0.2) is 43.4 Å². The second kappa shape index (κ2) is 9.89. The molecule has 138 valence electrons. The number of hydrogen-bond donors (Lipinski definition) is 2. The first-order chi connectivity index (χ1) is 12.5. The van der Waals surface area contributed by atoms with Crippen molar-refractivity contribution >= 4 is 29.1 Å². The Morgan fingerprint density at radius 3 is 2.42 bits per heavy atom. The van der Waals surface area contributed by atoms with Crippen LogP contribution in [0.1, 0.15) is 5.56 Å². The summed E-state index contributed by atoms with van der Waals surface area (Å²) < 4.78 is 13.5. The van der Waals surface area contributed by atoms with E-state index in [1.165, 1.54) is 6.07 Å². The second-order valence-corrected chi connectivity index (χ2v) is 6.30. The van der Waals surface area contributed by atoms with E-state index in [-0.39, 0.29) is 30.7 Å². The maximum Gasteiger partial charge on any atom is 0.238 e. The van der Waals surface area contributed by atoms with Gasteiger partial charge in [0.1, 0.15) is 5.82 Å². The van der Waals surface area contributed by atoms with Crippen molar-refractivity contribution in [2.75, 3.05) is 32.0 Å². The topological polar surface area (TPSA) is 61.4 Å². The number of likely N-dealkylation sites (N-methyl/N-ethyl adjacent to an activating group) is 1. The first kappa shape index (κ1) is 19.9. The van der Waals surface area contributed by atoms with Gasteiger partial charge >= 0.3 is 0 Å². The fourth-order valence-corrected chi connectivity index (χ4v) is 2.58. The van der Waals surface area contributed by atoms with Crippen molar-refractivity contribution in [2.24, 2.45) is 0 Å². The lowest BCUT2D eigenvalue weighted by molar-refractivity contribution is -0.122. The second-order valence-electron chi connectivity index (χ2n) is 5.89. The number of carbonyl (C=O) groups is 2. The molecule has 0 aliphatic carbocycles. The number of nitrogens with zero attached hydrogens (tertiary/aromatic N) is 1. The Labute approximate surface area is 157 Å². The van der Waals surface area contributed by atoms with Crippen molar-refractivity contribution in [3.63, 3.8) is 0 Å². The minimum atomic E-state index is -0.282. The molecule has 2 N–H and O–H groups in total. The van der Waals surface area contributed by atoms with Crippen LogP contribution in [-0.2, 0) is 16.0 Å². The lowest BCUT2D eigenvalue weighted by Gasteiger charge is -2.16. The quantitative estimate of drug-likeness (QED) is 0.743. The largest absolute Gasteiger partial charge is 0.355 e. The molecule has 0 fully saturated rings. The number of rotatable bonds is 8. The lowest BCUT2D eigenvalue weighted by atomic mass is 10.1. The van der Waals surface area contributed by atoms with Crippen LogP contribution in [0.4, 0.5) is 10.1 Å². The molecule has 2 aromatic rings. The molecule has 7 heteroatoms. The number of hydrogen-bond acceptors (Lipinski definition) is 3. The molecule has 0 aliphatic rings. The van der Waals surface area contributed by atoms with Gasteiger partial charge < -0.3 is 10.6 Å². The van der Waals surface area contributed by atoms with Crippen molar-refractivity contribution in [2.45, 2.75) is 6.42 Å². The van der Waals surface area contributed by atoms with E-state index < -0.39 is 0 Å². The normalized spacial score (nSPS) is 10.6. The van der Waals surface area contributed by atoms with Crippen molar-refractivity contribution in [3.05, 3.63) is 64.9 Å². The standard InChI is InChI=1S/C19H21ClFN3O2/c1-24(13-19(26)23-17-9-5-3-7-15(17)20)12-18(25)22-11-10-14-6-2-4-8-16(14)21/h2-9H,10-13H2,1H3,(H,22,25)(H,23,26). The number of nitrogens with one attached hydrogen (secondary N) is 2. The average molecular weight is 378 g/mol. The molecule has 2 amide bonds. The molecule has 5 nitrogen and oxygen atoms in total. The van der Waals surface area contributed by atoms with Crippen molar-refractivity contribution in [1.82, 2.24) is 10.2 Å². The molecular weight excluding hydrogens is 357 g/mol. The van der Waals surface area contributed by atoms with Crippen LogP contribution in [0.3, 0.4) is 0 Å². The highest BCUT2D eigenvalue weighted by Crippen LogP contribution is 2.20. The molecule has 2 rings (SSSR count). The van der Waals surface area contributed by atoms with Gasteiger partial charge in [0.05, 0.1) is 23.8 Å². The van der Waals surface area contributed by atoms with Gasteiger partial charge in [0, 0.05) is 6.54 Å². The van der Waals surface area contributed by atoms with E-state index >= 15 is 0 Å². The third kappa shape index (κ3) is 6.46. The van der Waals surface area contributed by atoms with Crippen LogP contribution in [0, 0.1) is 5.82 Å². The van der Waals surface area contributed by atoms with Gasteiger partial charge in [-0.2, -0.15) is 0 Å². The van der Waals surface area contributed by atoms with Crippen LogP contribution < -0.4 is 10.6 Å². The van der Waals surface area contributed by atoms with Gasteiger partial charge in [-0.3, -0.25) is 14.5 Å². The molecule has 0 saturated carbocycles. The van der Waals surface area contributed by atoms with Gasteiger partial charge in [-0.25, -0.2) is 4.39 Å². The van der Waals surface area contributed by atoms with Crippen molar-refractivity contribution in [1.29, 1.82) is 0 Å². The minimum Gasteiger partial charge on any atom is -0.355 e. The molecule has 0 bridgehead atoms. The predicted molar refractivity (Wildman–Crippen MR) is 101 cm³/mol. The highest BCUT2D eigenvalue weighted by atomic mass is 35.5. The summed E-state index contributed by atoms with van der Waals surface area (Å²) in [5.41, 5.74) is 1.09. The molecule has 0 aromatic heterocycles. The van der Waals surface area contributed by atoms with Crippen molar-refractivity contribution < 1.29 is 14.0 Å². The number of anilines is 1. The third-order valence-electron chi connectivity index (χ3n) is 3.65. The van der Waals surface area contributed by atoms with E-state index in [9.17, 15) is 14.0 Å². The summed E-state index contributed by atoms with van der Waals surface area (Å²) in [6.45, 7) is 0.443. The first-order valence-electron chi connectivity index (χ1n) is 8.18. The summed E-state index contributed by atoms with van der Waals surface area (Å²) in [5, 5.41) is 5.87. The fourth-order valence-electron chi connectivity index (χ4n) is 2.39. The van der Waals surface area contributed by atoms with Crippen molar-refractivity contribution in [3.8, 4) is 0 Å². The molecule has 0 atom stereocenters. The van der Waals surface area contributed by atoms with E-state index in [2.05, 4.69) is 10.6 Å². The Balaban J connectivity index is 1.70. The Morgan fingerprint density at radius 2 is 1.69 bits per heavy atom. The monoisotopic (exact) mass is 377 g/mol. The number of para-hydroxylation sites is 1. The molecule has 0 spiro atoms. The summed E-state index contributed by atoms with van der Waals surface area (Å²) >= 11 is 5.99. The number of carbonyl (C=O) groups excluding carboxylic acids is 2. The molecule has 0 heterocycles. The van der Waals surface area contributed by atoms with Gasteiger partial charge in [0.2, 0.25) is 11.8 Å². The Hall–Kier alpha value is -2.44. The van der Waals surface area contributed by atoms with Gasteiger partial charge in [-0.05, 0) is 37.2 Å². The van der Waals surface area contributed by atoms with Crippen LogP contribution in [0.2, 0.25) is 5.02 Å². The molecule has 2 aromatic carbocycles. The average Bonchev–Trinajstić information content (AvgIpc) is 2.58. The number of benzene rings is 2. The molecular formula is C19H21ClFN3O2. The Bertz CT molecular complexity index is 770. The van der Waals surface area contributed by atoms with Gasteiger partial charge in [0.25, 0.3) is 0 Å². The van der Waals surface area contributed by atoms with Gasteiger partial charge in [0.15, 0.2) is 0 Å². The Kier molecular flexibility index (Phi) is 7.56. The Morgan fingerprint density at radius 1 is 1.04 bits per heavy atom. The molecule has 0 aliphatic heterocycles. The zero-order valence-corrected chi connectivity index (χ0v) is 15.2. The highest BCUT2D eigenvalue weighted by Gasteiger charge is 2.12. The summed E-state index contributed by atoms with van der Waals surface area (Å²) in [4.78, 5) is 25.5. The third-order valence-corrected chi connectivity index (χ3v) is 3.98. The zero-order valence-electron chi connectivity index (χ0n) is 14.5. The fraction of sp³-hybridized carbons (Fsp3) is 0.263. The maximum absolute atomic E-state index is 13.5. The predicted octanol–water partition coefficient (Wildman–Crippen LogP) is 2.71. The maximum atomic E-state index is 13.5. The summed E-state index contributed by atoms with van der Waals surface area (Å²) in [7, 11) is 1.67. The smallest absolute Gasteiger partial charge is 0.238 e. The highest BCUT2D eigenvalue weighted by molar-refractivity contribution is 6.33. The van der Waals surface area contributed by atoms with Gasteiger partial charge in [-0.1, -0.05) is 41.9 Å².